The molecule has 0 aromatic carbocycles. The molecule has 0 atom stereocenters. The first kappa shape index (κ1) is 9.43. The van der Waals surface area contributed by atoms with E-state index >= 15 is 0 Å². The summed E-state index contributed by atoms with van der Waals surface area (Å²) < 4.78 is 5.24. The zero-order chi connectivity index (χ0) is 9.97. The van der Waals surface area contributed by atoms with Crippen molar-refractivity contribution >= 4 is 11.3 Å². The van der Waals surface area contributed by atoms with E-state index in [0.29, 0.717) is 11.5 Å². The van der Waals surface area contributed by atoms with Crippen LogP contribution in [0.1, 0.15) is 17.5 Å². The summed E-state index contributed by atoms with van der Waals surface area (Å²) in [5.74, 6) is 0.692. The minimum atomic E-state index is -0.0782. The van der Waals surface area contributed by atoms with Gasteiger partial charge < -0.3 is 9.52 Å². The number of thiophene rings is 1. The Kier molecular flexibility index (Phi) is 2.65. The number of hydrogen-bond donors (Lipinski definition) is 1. The Labute approximate surface area is 86.0 Å². The van der Waals surface area contributed by atoms with E-state index in [1.54, 1.807) is 11.3 Å². The molecule has 0 unspecified atom stereocenters. The van der Waals surface area contributed by atoms with Crippen LogP contribution in [0.4, 0.5) is 0 Å². The highest BCUT2D eigenvalue weighted by atomic mass is 32.1. The van der Waals surface area contributed by atoms with Gasteiger partial charge in [-0.05, 0) is 18.6 Å². The molecule has 0 aliphatic rings. The molecule has 0 bridgehead atoms. The molecule has 3 nitrogen and oxygen atoms in total. The van der Waals surface area contributed by atoms with Crippen molar-refractivity contribution in [3.8, 4) is 10.6 Å². The van der Waals surface area contributed by atoms with Crippen LogP contribution in [0.3, 0.4) is 0 Å². The van der Waals surface area contributed by atoms with E-state index in [1.807, 2.05) is 6.07 Å². The number of hydrogen-bond acceptors (Lipinski definition) is 4. The summed E-state index contributed by atoms with van der Waals surface area (Å²) in [6.07, 6.45) is 2.39. The highest BCUT2D eigenvalue weighted by molar-refractivity contribution is 7.15. The lowest BCUT2D eigenvalue weighted by molar-refractivity contribution is 0.277. The summed E-state index contributed by atoms with van der Waals surface area (Å²) in [6, 6.07) is 4.08. The second-order valence-electron chi connectivity index (χ2n) is 2.91. The van der Waals surface area contributed by atoms with Crippen molar-refractivity contribution in [3.05, 3.63) is 29.1 Å². The van der Waals surface area contributed by atoms with Crippen molar-refractivity contribution in [1.82, 2.24) is 4.98 Å². The number of aliphatic hydroxyl groups is 1. The van der Waals surface area contributed by atoms with Crippen LogP contribution in [-0.2, 0) is 13.0 Å². The molecule has 0 saturated carbocycles. The molecule has 0 radical (unpaired) electrons. The summed E-state index contributed by atoms with van der Waals surface area (Å²) >= 11 is 1.68. The molecule has 4 heteroatoms. The first-order valence-electron chi connectivity index (χ1n) is 4.47. The van der Waals surface area contributed by atoms with Gasteiger partial charge in [-0.15, -0.1) is 11.3 Å². The lowest BCUT2D eigenvalue weighted by Crippen LogP contribution is -1.84. The Morgan fingerprint density at radius 1 is 1.50 bits per heavy atom. The van der Waals surface area contributed by atoms with E-state index in [-0.39, 0.29) is 6.61 Å². The van der Waals surface area contributed by atoms with Crippen molar-refractivity contribution in [1.29, 1.82) is 0 Å². The van der Waals surface area contributed by atoms with Crippen molar-refractivity contribution in [2.75, 3.05) is 0 Å². The first-order valence-corrected chi connectivity index (χ1v) is 5.29. The van der Waals surface area contributed by atoms with E-state index in [1.165, 1.54) is 11.3 Å². The molecule has 14 heavy (non-hydrogen) atoms. The van der Waals surface area contributed by atoms with Crippen molar-refractivity contribution in [3.63, 3.8) is 0 Å². The number of rotatable bonds is 3. The van der Waals surface area contributed by atoms with Gasteiger partial charge in [0.1, 0.15) is 5.69 Å². The highest BCUT2D eigenvalue weighted by Gasteiger charge is 2.11. The van der Waals surface area contributed by atoms with Gasteiger partial charge in [0, 0.05) is 4.88 Å². The Morgan fingerprint density at radius 3 is 3.00 bits per heavy atom. The molecule has 0 aliphatic carbocycles. The maximum Gasteiger partial charge on any atom is 0.181 e. The molecule has 0 saturated heterocycles. The molecule has 2 rings (SSSR count). The van der Waals surface area contributed by atoms with Crippen LogP contribution >= 0.6 is 11.3 Å². The molecule has 2 aromatic rings. The molecule has 0 spiro atoms. The molecule has 2 heterocycles. The quantitative estimate of drug-likeness (QED) is 0.844. The predicted molar refractivity (Wildman–Crippen MR) is 55.1 cm³/mol. The fourth-order valence-electron chi connectivity index (χ4n) is 1.27. The number of aromatic nitrogens is 1. The number of aryl methyl sites for hydroxylation is 1. The van der Waals surface area contributed by atoms with Crippen LogP contribution < -0.4 is 0 Å². The standard InChI is InChI=1S/C10H11NO2S/c1-2-7-3-4-9(14-7)10-8(5-12)11-6-13-10/h3-4,6,12H,2,5H2,1H3. The molecule has 0 amide bonds. The van der Waals surface area contributed by atoms with Crippen molar-refractivity contribution < 1.29 is 9.52 Å². The topological polar surface area (TPSA) is 46.3 Å². The maximum absolute atomic E-state index is 9.01. The third kappa shape index (κ3) is 1.58. The third-order valence-corrected chi connectivity index (χ3v) is 3.25. The van der Waals surface area contributed by atoms with Crippen LogP contribution in [0, 0.1) is 0 Å². The van der Waals surface area contributed by atoms with Gasteiger partial charge in [-0.2, -0.15) is 0 Å². The Bertz CT molecular complexity index is 419. The largest absolute Gasteiger partial charge is 0.442 e. The maximum atomic E-state index is 9.01. The second kappa shape index (κ2) is 3.94. The van der Waals surface area contributed by atoms with Gasteiger partial charge in [-0.25, -0.2) is 4.98 Å². The summed E-state index contributed by atoms with van der Waals surface area (Å²) in [5.41, 5.74) is 0.606. The van der Waals surface area contributed by atoms with Crippen molar-refractivity contribution in [2.45, 2.75) is 20.0 Å². The van der Waals surface area contributed by atoms with Gasteiger partial charge in [0.05, 0.1) is 11.5 Å². The second-order valence-corrected chi connectivity index (χ2v) is 4.07. The van der Waals surface area contributed by atoms with E-state index in [4.69, 9.17) is 9.52 Å². The zero-order valence-corrected chi connectivity index (χ0v) is 8.67. The van der Waals surface area contributed by atoms with Crippen LogP contribution in [0.25, 0.3) is 10.6 Å². The fraction of sp³-hybridized carbons (Fsp3) is 0.300. The zero-order valence-electron chi connectivity index (χ0n) is 7.86. The SMILES string of the molecule is CCc1ccc(-c2ocnc2CO)s1. The third-order valence-electron chi connectivity index (χ3n) is 2.02. The molecule has 0 aliphatic heterocycles. The predicted octanol–water partition coefficient (Wildman–Crippen LogP) is 2.46. The highest BCUT2D eigenvalue weighted by Crippen LogP contribution is 2.30. The number of nitrogens with zero attached hydrogens (tertiary/aromatic N) is 1. The van der Waals surface area contributed by atoms with Gasteiger partial charge in [0.25, 0.3) is 0 Å². The molecule has 1 N–H and O–H groups in total. The van der Waals surface area contributed by atoms with Crippen LogP contribution in [0.2, 0.25) is 0 Å². The number of oxazole rings is 1. The van der Waals surface area contributed by atoms with E-state index in [2.05, 4.69) is 18.0 Å². The van der Waals surface area contributed by atoms with E-state index in [9.17, 15) is 0 Å². The van der Waals surface area contributed by atoms with Crippen molar-refractivity contribution in [2.24, 2.45) is 0 Å². The number of aliphatic hydroxyl groups excluding tert-OH is 1. The van der Waals surface area contributed by atoms with Gasteiger partial charge in [0.2, 0.25) is 0 Å². The normalized spacial score (nSPS) is 10.7. The first-order chi connectivity index (χ1) is 6.85. The van der Waals surface area contributed by atoms with Crippen LogP contribution in [-0.4, -0.2) is 10.1 Å². The summed E-state index contributed by atoms with van der Waals surface area (Å²) in [5, 5.41) is 9.01. The lowest BCUT2D eigenvalue weighted by atomic mass is 10.3. The van der Waals surface area contributed by atoms with Gasteiger partial charge in [-0.3, -0.25) is 0 Å². The summed E-state index contributed by atoms with van der Waals surface area (Å²) in [4.78, 5) is 6.27. The van der Waals surface area contributed by atoms with Crippen LogP contribution in [0.5, 0.6) is 0 Å². The molecule has 0 fully saturated rings. The fourth-order valence-corrected chi connectivity index (χ4v) is 2.23. The molecule has 74 valence electrons. The molecular weight excluding hydrogens is 198 g/mol. The van der Waals surface area contributed by atoms with Gasteiger partial charge in [-0.1, -0.05) is 6.92 Å². The Balaban J connectivity index is 2.38. The van der Waals surface area contributed by atoms with E-state index in [0.717, 1.165) is 11.3 Å². The lowest BCUT2D eigenvalue weighted by Gasteiger charge is -1.92. The Hall–Kier alpha value is -1.13. The van der Waals surface area contributed by atoms with E-state index < -0.39 is 0 Å². The minimum Gasteiger partial charge on any atom is -0.442 e. The smallest absolute Gasteiger partial charge is 0.181 e. The average Bonchev–Trinajstić information content (AvgIpc) is 2.85. The van der Waals surface area contributed by atoms with Crippen LogP contribution in [0.15, 0.2) is 22.9 Å². The average molecular weight is 209 g/mol. The summed E-state index contributed by atoms with van der Waals surface area (Å²) in [7, 11) is 0. The minimum absolute atomic E-state index is 0.0782. The molecule has 2 aromatic heterocycles. The Morgan fingerprint density at radius 2 is 2.36 bits per heavy atom. The monoisotopic (exact) mass is 209 g/mol. The van der Waals surface area contributed by atoms with Gasteiger partial charge >= 0.3 is 0 Å². The summed E-state index contributed by atoms with van der Waals surface area (Å²) in [6.45, 7) is 2.04. The van der Waals surface area contributed by atoms with Gasteiger partial charge in [0.15, 0.2) is 12.2 Å². The molecular formula is C10H11NO2S.